The van der Waals surface area contributed by atoms with Gasteiger partial charge in [-0.1, -0.05) is 0 Å². The van der Waals surface area contributed by atoms with Crippen LogP contribution in [0.3, 0.4) is 0 Å². The molecule has 0 aliphatic rings. The largest absolute Gasteiger partial charge is 0.487 e. The molecule has 0 bridgehead atoms. The molecule has 1 aromatic rings. The molecule has 0 spiro atoms. The summed E-state index contributed by atoms with van der Waals surface area (Å²) in [4.78, 5) is 10.9. The van der Waals surface area contributed by atoms with Gasteiger partial charge in [-0.15, -0.1) is 11.8 Å². The second kappa shape index (κ2) is 6.97. The molecule has 1 aromatic carbocycles. The van der Waals surface area contributed by atoms with Gasteiger partial charge in [0.25, 0.3) is 0 Å². The molecule has 0 heterocycles. The highest BCUT2D eigenvalue weighted by molar-refractivity contribution is 8.14. The zero-order valence-electron chi connectivity index (χ0n) is 10.0. The predicted octanol–water partition coefficient (Wildman–Crippen LogP) is 2.65. The summed E-state index contributed by atoms with van der Waals surface area (Å²) in [5, 5.41) is 10.8. The van der Waals surface area contributed by atoms with E-state index in [1.165, 1.54) is 23.9 Å². The quantitative estimate of drug-likeness (QED) is 0.331. The third-order valence-corrected chi connectivity index (χ3v) is 4.43. The average Bonchev–Trinajstić information content (AvgIpc) is 2.27. The number of benzene rings is 1. The van der Waals surface area contributed by atoms with Crippen LogP contribution in [0.2, 0.25) is 0 Å². The Labute approximate surface area is 119 Å². The first kappa shape index (κ1) is 16.1. The Bertz CT molecular complexity index is 561. The smallest absolute Gasteiger partial charge is 0.310 e. The summed E-state index contributed by atoms with van der Waals surface area (Å²) >= 11 is 1.24. The van der Waals surface area contributed by atoms with Crippen LogP contribution in [0.15, 0.2) is 23.1 Å². The van der Waals surface area contributed by atoms with Crippen LogP contribution in [0.5, 0.6) is 5.75 Å². The molecule has 0 atom stereocenters. The van der Waals surface area contributed by atoms with Gasteiger partial charge in [-0.05, 0) is 13.0 Å². The lowest BCUT2D eigenvalue weighted by Crippen LogP contribution is -2.00. The highest BCUT2D eigenvalue weighted by Gasteiger charge is 2.15. The van der Waals surface area contributed by atoms with Gasteiger partial charge in [0.15, 0.2) is 5.75 Å². The molecule has 9 heteroatoms. The van der Waals surface area contributed by atoms with E-state index >= 15 is 0 Å². The second-order valence-corrected chi connectivity index (χ2v) is 7.48. The summed E-state index contributed by atoms with van der Waals surface area (Å²) in [6, 6.07) is 4.40. The molecule has 1 rings (SSSR count). The Kier molecular flexibility index (Phi) is 5.89. The zero-order valence-corrected chi connectivity index (χ0v) is 12.4. The number of nitro groups is 1. The minimum Gasteiger partial charge on any atom is -0.487 e. The van der Waals surface area contributed by atoms with E-state index in [1.54, 1.807) is 13.0 Å². The monoisotopic (exact) mass is 325 g/mol. The summed E-state index contributed by atoms with van der Waals surface area (Å²) in [5.74, 6) is 0.279. The lowest BCUT2D eigenvalue weighted by molar-refractivity contribution is -0.385. The molecule has 19 heavy (non-hydrogen) atoms. The van der Waals surface area contributed by atoms with E-state index in [1.807, 2.05) is 0 Å². The topological polar surface area (TPSA) is 86.5 Å². The van der Waals surface area contributed by atoms with Crippen LogP contribution in [-0.4, -0.2) is 31.5 Å². The van der Waals surface area contributed by atoms with Crippen molar-refractivity contribution in [2.75, 3.05) is 18.1 Å². The Morgan fingerprint density at radius 3 is 2.68 bits per heavy atom. The fourth-order valence-corrected chi connectivity index (χ4v) is 3.55. The van der Waals surface area contributed by atoms with Gasteiger partial charge in [-0.3, -0.25) is 10.1 Å². The van der Waals surface area contributed by atoms with Crippen molar-refractivity contribution in [2.24, 2.45) is 0 Å². The van der Waals surface area contributed by atoms with E-state index in [9.17, 15) is 18.5 Å². The van der Waals surface area contributed by atoms with Crippen molar-refractivity contribution >= 4 is 37.2 Å². The van der Waals surface area contributed by atoms with Crippen LogP contribution in [0.1, 0.15) is 6.92 Å². The average molecular weight is 326 g/mol. The van der Waals surface area contributed by atoms with E-state index in [2.05, 4.69) is 0 Å². The highest BCUT2D eigenvalue weighted by Crippen LogP contribution is 2.32. The molecule has 0 saturated carbocycles. The maximum atomic E-state index is 10.8. The van der Waals surface area contributed by atoms with Crippen molar-refractivity contribution in [1.29, 1.82) is 0 Å². The highest BCUT2D eigenvalue weighted by atomic mass is 35.7. The van der Waals surface area contributed by atoms with Crippen molar-refractivity contribution in [3.63, 3.8) is 0 Å². The van der Waals surface area contributed by atoms with Gasteiger partial charge >= 0.3 is 5.69 Å². The third kappa shape index (κ3) is 5.66. The Hall–Kier alpha value is -0.990. The number of nitrogens with zero attached hydrogens (tertiary/aromatic N) is 1. The number of hydrogen-bond donors (Lipinski definition) is 0. The van der Waals surface area contributed by atoms with Crippen LogP contribution >= 0.6 is 22.4 Å². The van der Waals surface area contributed by atoms with Crippen LogP contribution < -0.4 is 4.74 Å². The van der Waals surface area contributed by atoms with E-state index < -0.39 is 14.0 Å². The van der Waals surface area contributed by atoms with Crippen molar-refractivity contribution < 1.29 is 18.1 Å². The van der Waals surface area contributed by atoms with Gasteiger partial charge in [0, 0.05) is 33.5 Å². The zero-order chi connectivity index (χ0) is 14.5. The summed E-state index contributed by atoms with van der Waals surface area (Å²) in [5.41, 5.74) is -0.115. The third-order valence-electron chi connectivity index (χ3n) is 2.02. The molecule has 6 nitrogen and oxygen atoms in total. The summed E-state index contributed by atoms with van der Waals surface area (Å²) < 4.78 is 26.7. The minimum absolute atomic E-state index is 0.115. The number of hydrogen-bond acceptors (Lipinski definition) is 6. The number of halogens is 1. The molecule has 106 valence electrons. The molecular weight excluding hydrogens is 314 g/mol. The fourth-order valence-electron chi connectivity index (χ4n) is 1.27. The minimum atomic E-state index is -3.52. The van der Waals surface area contributed by atoms with Gasteiger partial charge in [0.2, 0.25) is 9.05 Å². The maximum Gasteiger partial charge on any atom is 0.310 e. The van der Waals surface area contributed by atoms with E-state index in [0.29, 0.717) is 11.5 Å². The Morgan fingerprint density at radius 2 is 2.16 bits per heavy atom. The lowest BCUT2D eigenvalue weighted by Gasteiger charge is -2.06. The first-order valence-electron chi connectivity index (χ1n) is 5.30. The standard InChI is InChI=1S/C10H12ClNO5S2/c1-2-17-10-7-8(3-4-9(10)12(13)14)18-5-6-19(11,15)16/h3-4,7H,2,5-6H2,1H3. The van der Waals surface area contributed by atoms with Gasteiger partial charge in [0.05, 0.1) is 17.3 Å². The van der Waals surface area contributed by atoms with Gasteiger partial charge in [0.1, 0.15) is 0 Å². The maximum absolute atomic E-state index is 10.8. The molecule has 0 fully saturated rings. The van der Waals surface area contributed by atoms with Crippen LogP contribution in [0.4, 0.5) is 5.69 Å². The van der Waals surface area contributed by atoms with Crippen molar-refractivity contribution in [2.45, 2.75) is 11.8 Å². The normalized spacial score (nSPS) is 11.3. The van der Waals surface area contributed by atoms with Crippen LogP contribution in [0, 0.1) is 10.1 Å². The summed E-state index contributed by atoms with van der Waals surface area (Å²) in [6.45, 7) is 2.04. The summed E-state index contributed by atoms with van der Waals surface area (Å²) in [7, 11) is 1.57. The molecule has 0 amide bonds. The van der Waals surface area contributed by atoms with E-state index in [0.717, 1.165) is 0 Å². The Morgan fingerprint density at radius 1 is 1.47 bits per heavy atom. The van der Waals surface area contributed by atoms with Crippen molar-refractivity contribution in [3.05, 3.63) is 28.3 Å². The molecule has 0 aliphatic carbocycles. The first-order valence-corrected chi connectivity index (χ1v) is 8.76. The molecule has 0 aromatic heterocycles. The van der Waals surface area contributed by atoms with Crippen molar-refractivity contribution in [1.82, 2.24) is 0 Å². The fraction of sp³-hybridized carbons (Fsp3) is 0.400. The van der Waals surface area contributed by atoms with Crippen molar-refractivity contribution in [3.8, 4) is 5.75 Å². The first-order chi connectivity index (χ1) is 8.83. The lowest BCUT2D eigenvalue weighted by atomic mass is 10.3. The van der Waals surface area contributed by atoms with Gasteiger partial charge < -0.3 is 4.74 Å². The van der Waals surface area contributed by atoms with Gasteiger partial charge in [-0.25, -0.2) is 8.42 Å². The summed E-state index contributed by atoms with van der Waals surface area (Å²) in [6.07, 6.45) is 0. The molecule has 0 radical (unpaired) electrons. The number of rotatable bonds is 7. The molecule has 0 N–H and O–H groups in total. The SMILES string of the molecule is CCOc1cc(SCCS(=O)(=O)Cl)ccc1[N+](=O)[O-]. The number of nitro benzene ring substituents is 1. The molecule has 0 unspecified atom stereocenters. The number of ether oxygens (including phenoxy) is 1. The number of thioether (sulfide) groups is 1. The molecule has 0 saturated heterocycles. The predicted molar refractivity (Wildman–Crippen MR) is 74.6 cm³/mol. The van der Waals surface area contributed by atoms with Crippen LogP contribution in [-0.2, 0) is 9.05 Å². The second-order valence-electron chi connectivity index (χ2n) is 3.41. The molecular formula is C10H12ClNO5S2. The van der Waals surface area contributed by atoms with E-state index in [4.69, 9.17) is 15.4 Å². The van der Waals surface area contributed by atoms with E-state index in [-0.39, 0.29) is 22.9 Å². The van der Waals surface area contributed by atoms with Gasteiger partial charge in [-0.2, -0.15) is 0 Å². The molecule has 0 aliphatic heterocycles. The Balaban J connectivity index is 2.81. The van der Waals surface area contributed by atoms with Crippen LogP contribution in [0.25, 0.3) is 0 Å².